The van der Waals surface area contributed by atoms with Gasteiger partial charge in [-0.05, 0) is 46.5 Å². The molecule has 0 saturated carbocycles. The van der Waals surface area contributed by atoms with E-state index in [9.17, 15) is 0 Å². The molecule has 0 radical (unpaired) electrons. The molecule has 10 heteroatoms. The standard InChI is InChI=1S/C51H38B5N5/c52-42-41(43(53)45(55)46(56)44(42)54)35-25-24-32(28-38(35)29-14-4-1-5-15-29)60-39-22-12-10-20-33(39)36-26-27-37-34-21-11-13-23-40(34)61(48(37)47(36)60)51-58-49(30-16-6-2-7-17-30)57-50(59-51)31-18-8-3-9-19-31/h1-28H,52-56H2. The maximum atomic E-state index is 5.30. The van der Waals surface area contributed by atoms with Crippen molar-refractivity contribution in [1.29, 1.82) is 0 Å². The summed E-state index contributed by atoms with van der Waals surface area (Å²) in [5.41, 5.74) is 18.9. The van der Waals surface area contributed by atoms with Crippen LogP contribution < -0.4 is 27.3 Å². The van der Waals surface area contributed by atoms with Crippen LogP contribution in [0.5, 0.6) is 0 Å². The minimum absolute atomic E-state index is 0.569. The minimum Gasteiger partial charge on any atom is -0.307 e. The highest BCUT2D eigenvalue weighted by Crippen LogP contribution is 2.43. The Morgan fingerprint density at radius 2 is 0.787 bits per heavy atom. The van der Waals surface area contributed by atoms with Gasteiger partial charge in [0.15, 0.2) is 11.6 Å². The second kappa shape index (κ2) is 14.5. The van der Waals surface area contributed by atoms with Crippen molar-refractivity contribution >= 4 is 110 Å². The summed E-state index contributed by atoms with van der Waals surface area (Å²) in [4.78, 5) is 15.7. The van der Waals surface area contributed by atoms with Crippen molar-refractivity contribution < 1.29 is 0 Å². The number of hydrogen-bond donors (Lipinski definition) is 0. The van der Waals surface area contributed by atoms with E-state index in [2.05, 4.69) is 182 Å². The summed E-state index contributed by atoms with van der Waals surface area (Å²) in [6.45, 7) is 0. The molecule has 0 aliphatic heterocycles. The van der Waals surface area contributed by atoms with Crippen LogP contribution >= 0.6 is 0 Å². The van der Waals surface area contributed by atoms with Crippen LogP contribution in [0.3, 0.4) is 0 Å². The number of fused-ring (bicyclic) bond motifs is 7. The molecule has 0 bridgehead atoms. The molecule has 3 aromatic heterocycles. The average molecular weight is 775 g/mol. The van der Waals surface area contributed by atoms with Gasteiger partial charge in [0.25, 0.3) is 0 Å². The van der Waals surface area contributed by atoms with Gasteiger partial charge in [0.05, 0.1) is 22.1 Å². The first-order valence-corrected chi connectivity index (χ1v) is 21.0. The highest BCUT2D eigenvalue weighted by atomic mass is 15.2. The quantitative estimate of drug-likeness (QED) is 0.240. The van der Waals surface area contributed by atoms with E-state index in [-0.39, 0.29) is 0 Å². The van der Waals surface area contributed by atoms with E-state index in [4.69, 9.17) is 15.0 Å². The summed E-state index contributed by atoms with van der Waals surface area (Å²) in [6, 6.07) is 60.3. The summed E-state index contributed by atoms with van der Waals surface area (Å²) < 4.78 is 4.72. The lowest BCUT2D eigenvalue weighted by molar-refractivity contribution is 0.953. The largest absolute Gasteiger partial charge is 0.307 e. The van der Waals surface area contributed by atoms with Crippen molar-refractivity contribution in [1.82, 2.24) is 24.1 Å². The van der Waals surface area contributed by atoms with Gasteiger partial charge in [0.1, 0.15) is 39.2 Å². The molecule has 11 rings (SSSR count). The van der Waals surface area contributed by atoms with Gasteiger partial charge in [-0.2, -0.15) is 9.97 Å². The molecule has 61 heavy (non-hydrogen) atoms. The maximum Gasteiger partial charge on any atom is 0.238 e. The Bertz CT molecular complexity index is 3440. The van der Waals surface area contributed by atoms with Crippen molar-refractivity contribution in [2.45, 2.75) is 0 Å². The smallest absolute Gasteiger partial charge is 0.238 e. The third kappa shape index (κ3) is 5.81. The predicted octanol–water partition coefficient (Wildman–Crippen LogP) is 4.03. The van der Waals surface area contributed by atoms with Gasteiger partial charge in [-0.25, -0.2) is 4.98 Å². The molecule has 0 spiro atoms. The fraction of sp³-hybridized carbons (Fsp3) is 0. The molecule has 0 saturated heterocycles. The first-order chi connectivity index (χ1) is 29.9. The summed E-state index contributed by atoms with van der Waals surface area (Å²) in [7, 11) is 11.3. The third-order valence-corrected chi connectivity index (χ3v) is 13.0. The van der Waals surface area contributed by atoms with Crippen LogP contribution in [0.15, 0.2) is 170 Å². The Labute approximate surface area is 359 Å². The molecule has 282 valence electrons. The van der Waals surface area contributed by atoms with Gasteiger partial charge in [-0.15, -0.1) is 16.4 Å². The van der Waals surface area contributed by atoms with Crippen molar-refractivity contribution in [3.63, 3.8) is 0 Å². The first-order valence-electron chi connectivity index (χ1n) is 21.0. The maximum absolute atomic E-state index is 5.30. The molecule has 0 atom stereocenters. The van der Waals surface area contributed by atoms with E-state index in [1.807, 2.05) is 36.4 Å². The van der Waals surface area contributed by atoms with E-state index in [0.29, 0.717) is 17.6 Å². The van der Waals surface area contributed by atoms with Crippen molar-refractivity contribution in [3.8, 4) is 56.7 Å². The van der Waals surface area contributed by atoms with Crippen LogP contribution in [0, 0.1) is 0 Å². The number of para-hydroxylation sites is 2. The number of benzene rings is 8. The molecule has 11 aromatic rings. The van der Waals surface area contributed by atoms with Crippen LogP contribution in [0.1, 0.15) is 0 Å². The Hall–Kier alpha value is -7.31. The van der Waals surface area contributed by atoms with Crippen LogP contribution in [-0.2, 0) is 0 Å². The second-order valence-corrected chi connectivity index (χ2v) is 16.2. The second-order valence-electron chi connectivity index (χ2n) is 16.2. The van der Waals surface area contributed by atoms with E-state index in [0.717, 1.165) is 55.0 Å². The van der Waals surface area contributed by atoms with Crippen molar-refractivity contribution in [2.24, 2.45) is 0 Å². The van der Waals surface area contributed by atoms with Gasteiger partial charge in [-0.1, -0.05) is 157 Å². The third-order valence-electron chi connectivity index (χ3n) is 13.0. The molecule has 0 fully saturated rings. The van der Waals surface area contributed by atoms with Crippen molar-refractivity contribution in [2.75, 3.05) is 0 Å². The lowest BCUT2D eigenvalue weighted by Crippen LogP contribution is -2.55. The van der Waals surface area contributed by atoms with E-state index < -0.39 is 0 Å². The number of nitrogens with zero attached hydrogens (tertiary/aromatic N) is 5. The predicted molar refractivity (Wildman–Crippen MR) is 271 cm³/mol. The van der Waals surface area contributed by atoms with E-state index in [1.54, 1.807) is 0 Å². The fourth-order valence-electron chi connectivity index (χ4n) is 9.52. The monoisotopic (exact) mass is 775 g/mol. The lowest BCUT2D eigenvalue weighted by Gasteiger charge is -2.23. The highest BCUT2D eigenvalue weighted by Gasteiger charge is 2.25. The Morgan fingerprint density at radius 3 is 1.33 bits per heavy atom. The summed E-state index contributed by atoms with van der Waals surface area (Å²) in [6.07, 6.45) is 0. The van der Waals surface area contributed by atoms with Crippen molar-refractivity contribution in [3.05, 3.63) is 170 Å². The molecule has 8 aromatic carbocycles. The average Bonchev–Trinajstić information content (AvgIpc) is 3.84. The topological polar surface area (TPSA) is 48.5 Å². The Kier molecular flexibility index (Phi) is 8.71. The van der Waals surface area contributed by atoms with Crippen LogP contribution in [0.4, 0.5) is 0 Å². The number of aromatic nitrogens is 5. The zero-order valence-electron chi connectivity index (χ0n) is 34.9. The SMILES string of the molecule is Bc1c(B)c(B)c(-c2ccc(-n3c4ccccc4c4ccc5c6ccccc6n(-c6nc(-c7ccccc7)nc(-c7ccccc7)n6)c5c43)cc2-c2ccccc2)c(B)c1B. The van der Waals surface area contributed by atoms with E-state index in [1.165, 1.54) is 55.0 Å². The van der Waals surface area contributed by atoms with Crippen LogP contribution in [0.25, 0.3) is 100 Å². The fourth-order valence-corrected chi connectivity index (χ4v) is 9.52. The molecule has 5 nitrogen and oxygen atoms in total. The summed E-state index contributed by atoms with van der Waals surface area (Å²) >= 11 is 0. The van der Waals surface area contributed by atoms with Gasteiger partial charge < -0.3 is 4.57 Å². The van der Waals surface area contributed by atoms with Gasteiger partial charge >= 0.3 is 0 Å². The molecule has 0 amide bonds. The zero-order valence-corrected chi connectivity index (χ0v) is 34.9. The van der Waals surface area contributed by atoms with Crippen LogP contribution in [-0.4, -0.2) is 63.3 Å². The molecule has 0 aliphatic rings. The van der Waals surface area contributed by atoms with Gasteiger partial charge in [0.2, 0.25) is 5.95 Å². The highest BCUT2D eigenvalue weighted by molar-refractivity contribution is 6.68. The minimum atomic E-state index is 0.569. The number of rotatable bonds is 6. The van der Waals surface area contributed by atoms with Crippen LogP contribution in [0.2, 0.25) is 0 Å². The zero-order chi connectivity index (χ0) is 41.4. The molecule has 0 unspecified atom stereocenters. The van der Waals surface area contributed by atoms with E-state index >= 15 is 0 Å². The molecular weight excluding hydrogens is 737 g/mol. The summed E-state index contributed by atoms with van der Waals surface area (Å²) in [5.74, 6) is 1.82. The Morgan fingerprint density at radius 1 is 0.344 bits per heavy atom. The lowest BCUT2D eigenvalue weighted by atomic mass is 9.59. The van der Waals surface area contributed by atoms with Gasteiger partial charge in [0, 0.05) is 38.4 Å². The molecule has 0 aliphatic carbocycles. The molecule has 0 N–H and O–H groups in total. The number of hydrogen-bond acceptors (Lipinski definition) is 3. The molecule has 3 heterocycles. The van der Waals surface area contributed by atoms with Gasteiger partial charge in [-0.3, -0.25) is 4.57 Å². The molecular formula is C51H38B5N5. The summed E-state index contributed by atoms with van der Waals surface area (Å²) in [5, 5.41) is 4.61. The first kappa shape index (κ1) is 36.8. The normalized spacial score (nSPS) is 11.6. The Balaban J connectivity index is 1.27.